The average molecular weight is 364 g/mol. The van der Waals surface area contributed by atoms with Crippen molar-refractivity contribution in [1.82, 2.24) is 10.2 Å². The molecular formula is C20H33N3O3. The van der Waals surface area contributed by atoms with Crippen LogP contribution in [0.2, 0.25) is 0 Å². The maximum Gasteiger partial charge on any atom is 0.193 e. The van der Waals surface area contributed by atoms with E-state index in [9.17, 15) is 0 Å². The summed E-state index contributed by atoms with van der Waals surface area (Å²) in [5.74, 6) is 2.52. The van der Waals surface area contributed by atoms with E-state index in [2.05, 4.69) is 34.3 Å². The van der Waals surface area contributed by atoms with Gasteiger partial charge in [-0.05, 0) is 42.5 Å². The van der Waals surface area contributed by atoms with Crippen molar-refractivity contribution in [2.24, 2.45) is 4.99 Å². The summed E-state index contributed by atoms with van der Waals surface area (Å²) in [6, 6.07) is 4.17. The Morgan fingerprint density at radius 2 is 1.81 bits per heavy atom. The van der Waals surface area contributed by atoms with Gasteiger partial charge in [0.15, 0.2) is 17.5 Å². The zero-order valence-electron chi connectivity index (χ0n) is 16.6. The van der Waals surface area contributed by atoms with Crippen LogP contribution in [0.4, 0.5) is 0 Å². The van der Waals surface area contributed by atoms with Crippen LogP contribution < -0.4 is 14.8 Å². The molecule has 0 spiro atoms. The summed E-state index contributed by atoms with van der Waals surface area (Å²) in [5.41, 5.74) is 2.58. The molecule has 2 rings (SSSR count). The van der Waals surface area contributed by atoms with Crippen molar-refractivity contribution in [3.63, 3.8) is 0 Å². The minimum Gasteiger partial charge on any atom is -0.493 e. The van der Waals surface area contributed by atoms with E-state index in [-0.39, 0.29) is 0 Å². The number of aliphatic imine (C=N–C) groups is 1. The Morgan fingerprint density at radius 3 is 2.46 bits per heavy atom. The molecule has 1 aromatic rings. The molecular weight excluding hydrogens is 330 g/mol. The Bertz CT molecular complexity index is 590. The third-order valence-electron chi connectivity index (χ3n) is 4.62. The summed E-state index contributed by atoms with van der Waals surface area (Å²) in [5, 5.41) is 3.45. The van der Waals surface area contributed by atoms with Gasteiger partial charge in [0.2, 0.25) is 0 Å². The lowest BCUT2D eigenvalue weighted by Gasteiger charge is -2.32. The smallest absolute Gasteiger partial charge is 0.193 e. The second kappa shape index (κ2) is 10.9. The van der Waals surface area contributed by atoms with Crippen LogP contribution in [0, 0.1) is 0 Å². The van der Waals surface area contributed by atoms with Crippen molar-refractivity contribution in [3.8, 4) is 11.5 Å². The third-order valence-corrected chi connectivity index (χ3v) is 4.62. The molecule has 1 N–H and O–H groups in total. The van der Waals surface area contributed by atoms with E-state index in [1.807, 2.05) is 7.05 Å². The van der Waals surface area contributed by atoms with E-state index >= 15 is 0 Å². The molecule has 1 aliphatic heterocycles. The SMILES string of the molecule is CCCCOCCCNC(=NC)N1CCc2cc(OC)c(OC)cc2C1. The van der Waals surface area contributed by atoms with E-state index in [1.54, 1.807) is 14.2 Å². The molecule has 6 heteroatoms. The van der Waals surface area contributed by atoms with Crippen LogP contribution in [0.15, 0.2) is 17.1 Å². The Balaban J connectivity index is 1.87. The molecule has 0 fully saturated rings. The molecule has 0 unspecified atom stereocenters. The fourth-order valence-electron chi connectivity index (χ4n) is 3.12. The first-order chi connectivity index (χ1) is 12.7. The quantitative estimate of drug-likeness (QED) is 0.415. The van der Waals surface area contributed by atoms with Gasteiger partial charge in [0.1, 0.15) is 0 Å². The molecule has 26 heavy (non-hydrogen) atoms. The average Bonchev–Trinajstić information content (AvgIpc) is 2.68. The predicted molar refractivity (Wildman–Crippen MR) is 105 cm³/mol. The van der Waals surface area contributed by atoms with Crippen LogP contribution in [-0.2, 0) is 17.7 Å². The predicted octanol–water partition coefficient (Wildman–Crippen LogP) is 2.84. The van der Waals surface area contributed by atoms with Crippen molar-refractivity contribution in [2.75, 3.05) is 47.6 Å². The van der Waals surface area contributed by atoms with Crippen molar-refractivity contribution >= 4 is 5.96 Å². The Kier molecular flexibility index (Phi) is 8.54. The molecule has 0 amide bonds. The number of methoxy groups -OCH3 is 2. The summed E-state index contributed by atoms with van der Waals surface area (Å²) in [4.78, 5) is 6.73. The molecule has 0 saturated carbocycles. The maximum atomic E-state index is 5.61. The van der Waals surface area contributed by atoms with Gasteiger partial charge < -0.3 is 24.4 Å². The van der Waals surface area contributed by atoms with Crippen molar-refractivity contribution in [3.05, 3.63) is 23.3 Å². The molecule has 0 saturated heterocycles. The minimum absolute atomic E-state index is 0.778. The normalized spacial score (nSPS) is 14.2. The number of ether oxygens (including phenoxy) is 3. The number of guanidine groups is 1. The van der Waals surface area contributed by atoms with E-state index in [0.29, 0.717) is 0 Å². The Labute approximate surface area is 157 Å². The highest BCUT2D eigenvalue weighted by molar-refractivity contribution is 5.80. The third kappa shape index (κ3) is 5.53. The number of fused-ring (bicyclic) bond motifs is 1. The van der Waals surface area contributed by atoms with Gasteiger partial charge in [-0.25, -0.2) is 0 Å². The first-order valence-corrected chi connectivity index (χ1v) is 9.50. The van der Waals surface area contributed by atoms with Crippen LogP contribution in [0.5, 0.6) is 11.5 Å². The maximum absolute atomic E-state index is 5.61. The van der Waals surface area contributed by atoms with Gasteiger partial charge in [0.25, 0.3) is 0 Å². The lowest BCUT2D eigenvalue weighted by Crippen LogP contribution is -2.44. The molecule has 6 nitrogen and oxygen atoms in total. The van der Waals surface area contributed by atoms with Crippen LogP contribution >= 0.6 is 0 Å². The van der Waals surface area contributed by atoms with Crippen molar-refractivity contribution in [2.45, 2.75) is 39.2 Å². The number of hydrogen-bond donors (Lipinski definition) is 1. The van der Waals surface area contributed by atoms with Crippen molar-refractivity contribution < 1.29 is 14.2 Å². The molecule has 0 atom stereocenters. The van der Waals surface area contributed by atoms with E-state index in [0.717, 1.165) is 69.6 Å². The molecule has 146 valence electrons. The fraction of sp³-hybridized carbons (Fsp3) is 0.650. The van der Waals surface area contributed by atoms with Gasteiger partial charge >= 0.3 is 0 Å². The number of nitrogens with zero attached hydrogens (tertiary/aromatic N) is 2. The number of benzene rings is 1. The van der Waals surface area contributed by atoms with Crippen LogP contribution in [0.25, 0.3) is 0 Å². The second-order valence-corrected chi connectivity index (χ2v) is 6.44. The van der Waals surface area contributed by atoms with Gasteiger partial charge in [0, 0.05) is 39.9 Å². The summed E-state index contributed by atoms with van der Waals surface area (Å²) in [7, 11) is 5.19. The Hall–Kier alpha value is -1.95. The fourth-order valence-corrected chi connectivity index (χ4v) is 3.12. The lowest BCUT2D eigenvalue weighted by atomic mass is 9.99. The number of rotatable bonds is 9. The molecule has 0 radical (unpaired) electrons. The van der Waals surface area contributed by atoms with E-state index < -0.39 is 0 Å². The first-order valence-electron chi connectivity index (χ1n) is 9.50. The van der Waals surface area contributed by atoms with E-state index in [1.165, 1.54) is 17.5 Å². The van der Waals surface area contributed by atoms with E-state index in [4.69, 9.17) is 14.2 Å². The van der Waals surface area contributed by atoms with Crippen molar-refractivity contribution in [1.29, 1.82) is 0 Å². The standard InChI is InChI=1S/C20H33N3O3/c1-5-6-11-26-12-7-9-22-20(21-2)23-10-8-16-13-18(24-3)19(25-4)14-17(16)15-23/h13-14H,5-12,15H2,1-4H3,(H,21,22). The summed E-state index contributed by atoms with van der Waals surface area (Å²) in [6.45, 7) is 6.46. The zero-order chi connectivity index (χ0) is 18.8. The number of nitrogens with one attached hydrogen (secondary N) is 1. The van der Waals surface area contributed by atoms with Gasteiger partial charge in [-0.2, -0.15) is 0 Å². The molecule has 0 aromatic heterocycles. The number of hydrogen-bond acceptors (Lipinski definition) is 4. The second-order valence-electron chi connectivity index (χ2n) is 6.44. The monoisotopic (exact) mass is 363 g/mol. The first kappa shape index (κ1) is 20.4. The minimum atomic E-state index is 0.778. The Morgan fingerprint density at radius 1 is 1.12 bits per heavy atom. The van der Waals surface area contributed by atoms with Gasteiger partial charge in [-0.3, -0.25) is 4.99 Å². The molecule has 0 bridgehead atoms. The zero-order valence-corrected chi connectivity index (χ0v) is 16.6. The molecule has 0 aliphatic carbocycles. The van der Waals surface area contributed by atoms with Gasteiger partial charge in [-0.1, -0.05) is 13.3 Å². The highest BCUT2D eigenvalue weighted by Crippen LogP contribution is 2.33. The molecule has 1 heterocycles. The van der Waals surface area contributed by atoms with Crippen LogP contribution in [0.3, 0.4) is 0 Å². The van der Waals surface area contributed by atoms with Gasteiger partial charge in [0.05, 0.1) is 14.2 Å². The largest absolute Gasteiger partial charge is 0.493 e. The summed E-state index contributed by atoms with van der Waals surface area (Å²) < 4.78 is 16.5. The van der Waals surface area contributed by atoms with Crippen LogP contribution in [0.1, 0.15) is 37.3 Å². The highest BCUT2D eigenvalue weighted by Gasteiger charge is 2.21. The topological polar surface area (TPSA) is 55.3 Å². The van der Waals surface area contributed by atoms with Crippen LogP contribution in [-0.4, -0.2) is 58.4 Å². The summed E-state index contributed by atoms with van der Waals surface area (Å²) in [6.07, 6.45) is 4.27. The molecule has 1 aromatic carbocycles. The number of unbranched alkanes of at least 4 members (excludes halogenated alkanes) is 1. The lowest BCUT2D eigenvalue weighted by molar-refractivity contribution is 0.129. The summed E-state index contributed by atoms with van der Waals surface area (Å²) >= 11 is 0. The molecule has 1 aliphatic rings. The highest BCUT2D eigenvalue weighted by atomic mass is 16.5. The van der Waals surface area contributed by atoms with Gasteiger partial charge in [-0.15, -0.1) is 0 Å².